The van der Waals surface area contributed by atoms with Crippen LogP contribution in [-0.2, 0) is 22.4 Å². The first-order chi connectivity index (χ1) is 16.0. The maximum absolute atomic E-state index is 12.8. The molecule has 3 aromatic rings. The molecule has 4 rings (SSSR count). The number of benzene rings is 3. The molecular formula is C26H25ClN2O4. The van der Waals surface area contributed by atoms with Crippen LogP contribution in [-0.4, -0.2) is 31.6 Å². The number of amides is 2. The molecule has 7 heteroatoms. The molecule has 1 aliphatic heterocycles. The molecule has 3 aromatic carbocycles. The second-order valence-electron chi connectivity index (χ2n) is 7.67. The summed E-state index contributed by atoms with van der Waals surface area (Å²) in [7, 11) is 0. The van der Waals surface area contributed by atoms with Gasteiger partial charge < -0.3 is 19.7 Å². The molecule has 0 fully saturated rings. The van der Waals surface area contributed by atoms with Crippen LogP contribution >= 0.6 is 11.6 Å². The van der Waals surface area contributed by atoms with E-state index in [9.17, 15) is 9.59 Å². The summed E-state index contributed by atoms with van der Waals surface area (Å²) in [6, 6.07) is 20.4. The largest absolute Gasteiger partial charge is 0.486 e. The van der Waals surface area contributed by atoms with Crippen LogP contribution < -0.4 is 19.7 Å². The van der Waals surface area contributed by atoms with Gasteiger partial charge in [-0.15, -0.1) is 0 Å². The Morgan fingerprint density at radius 3 is 2.39 bits per heavy atom. The molecule has 0 atom stereocenters. The summed E-state index contributed by atoms with van der Waals surface area (Å²) in [6.45, 7) is 3.46. The monoisotopic (exact) mass is 464 g/mol. The van der Waals surface area contributed by atoms with Crippen LogP contribution in [0, 0.1) is 0 Å². The molecule has 1 N–H and O–H groups in total. The van der Waals surface area contributed by atoms with E-state index in [0.717, 1.165) is 16.8 Å². The van der Waals surface area contributed by atoms with Crippen molar-refractivity contribution in [1.82, 2.24) is 0 Å². The molecule has 0 aromatic heterocycles. The predicted molar refractivity (Wildman–Crippen MR) is 129 cm³/mol. The summed E-state index contributed by atoms with van der Waals surface area (Å²) in [5.41, 5.74) is 3.17. The van der Waals surface area contributed by atoms with Crippen molar-refractivity contribution in [2.24, 2.45) is 0 Å². The zero-order valence-electron chi connectivity index (χ0n) is 18.3. The minimum atomic E-state index is -0.173. The molecule has 1 aliphatic rings. The second kappa shape index (κ2) is 10.4. The van der Waals surface area contributed by atoms with Gasteiger partial charge in [0.25, 0.3) is 0 Å². The summed E-state index contributed by atoms with van der Waals surface area (Å²) in [6.07, 6.45) is 0.436. The zero-order valence-corrected chi connectivity index (χ0v) is 19.1. The van der Waals surface area contributed by atoms with E-state index in [2.05, 4.69) is 5.32 Å². The summed E-state index contributed by atoms with van der Waals surface area (Å²) in [5.74, 6) is 0.928. The number of fused-ring (bicyclic) bond motifs is 1. The molecular weight excluding hydrogens is 440 g/mol. The fourth-order valence-corrected chi connectivity index (χ4v) is 4.03. The maximum atomic E-state index is 12.8. The topological polar surface area (TPSA) is 67.9 Å². The Morgan fingerprint density at radius 1 is 0.939 bits per heavy atom. The van der Waals surface area contributed by atoms with Gasteiger partial charge in [-0.05, 0) is 54.4 Å². The lowest BCUT2D eigenvalue weighted by Gasteiger charge is -2.21. The maximum Gasteiger partial charge on any atom is 0.231 e. The summed E-state index contributed by atoms with van der Waals surface area (Å²) < 4.78 is 11.1. The van der Waals surface area contributed by atoms with Crippen molar-refractivity contribution in [1.29, 1.82) is 0 Å². The summed E-state index contributed by atoms with van der Waals surface area (Å²) in [5, 5.41) is 3.31. The number of ether oxygens (including phenoxy) is 2. The van der Waals surface area contributed by atoms with Crippen molar-refractivity contribution in [2.75, 3.05) is 30.0 Å². The average Bonchev–Trinajstić information content (AvgIpc) is 2.81. The van der Waals surface area contributed by atoms with E-state index in [-0.39, 0.29) is 24.7 Å². The van der Waals surface area contributed by atoms with Crippen LogP contribution in [0.4, 0.5) is 11.4 Å². The molecule has 6 nitrogen and oxygen atoms in total. The van der Waals surface area contributed by atoms with Crippen LogP contribution in [0.25, 0.3) is 0 Å². The third-order valence-electron chi connectivity index (χ3n) is 5.30. The Balaban J connectivity index is 1.35. The van der Waals surface area contributed by atoms with Gasteiger partial charge in [0.05, 0.1) is 17.9 Å². The Hall–Kier alpha value is -3.51. The van der Waals surface area contributed by atoms with Gasteiger partial charge in [0.1, 0.15) is 13.2 Å². The molecule has 33 heavy (non-hydrogen) atoms. The van der Waals surface area contributed by atoms with Crippen LogP contribution in [0.15, 0.2) is 66.7 Å². The van der Waals surface area contributed by atoms with E-state index in [1.807, 2.05) is 49.4 Å². The van der Waals surface area contributed by atoms with Crippen molar-refractivity contribution in [3.8, 4) is 11.5 Å². The van der Waals surface area contributed by atoms with Crippen LogP contribution in [0.1, 0.15) is 18.1 Å². The highest BCUT2D eigenvalue weighted by molar-refractivity contribution is 6.32. The first kappa shape index (κ1) is 22.7. The summed E-state index contributed by atoms with van der Waals surface area (Å²) >= 11 is 6.25. The van der Waals surface area contributed by atoms with Crippen LogP contribution in [0.5, 0.6) is 11.5 Å². The summed E-state index contributed by atoms with van der Waals surface area (Å²) in [4.78, 5) is 27.0. The first-order valence-corrected chi connectivity index (χ1v) is 11.2. The van der Waals surface area contributed by atoms with E-state index in [1.165, 1.54) is 0 Å². The van der Waals surface area contributed by atoms with Crippen molar-refractivity contribution in [2.45, 2.75) is 19.8 Å². The number of nitrogens with zero attached hydrogens (tertiary/aromatic N) is 1. The van der Waals surface area contributed by atoms with Crippen molar-refractivity contribution in [3.63, 3.8) is 0 Å². The normalized spacial score (nSPS) is 12.2. The molecule has 0 saturated carbocycles. The standard InChI is InChI=1S/C26H25ClN2O4/c1-2-29(21-6-4-3-5-7-21)25(31)17-18-8-10-20(11-9-18)28-24(30)16-19-14-22(27)26-23(15-19)32-12-13-33-26/h3-11,14-15H,2,12-13,16-17H2,1H3,(H,28,30). The van der Waals surface area contributed by atoms with Gasteiger partial charge in [-0.25, -0.2) is 0 Å². The van der Waals surface area contributed by atoms with Crippen molar-refractivity contribution in [3.05, 3.63) is 82.9 Å². The highest BCUT2D eigenvalue weighted by atomic mass is 35.5. The Labute approximate surface area is 198 Å². The quantitative estimate of drug-likeness (QED) is 0.540. The highest BCUT2D eigenvalue weighted by Crippen LogP contribution is 2.38. The predicted octanol–water partition coefficient (Wildman–Crippen LogP) is 4.89. The fraction of sp³-hybridized carbons (Fsp3) is 0.231. The van der Waals surface area contributed by atoms with E-state index in [0.29, 0.717) is 42.0 Å². The number of halogens is 1. The Morgan fingerprint density at radius 2 is 1.67 bits per heavy atom. The van der Waals surface area contributed by atoms with E-state index >= 15 is 0 Å². The lowest BCUT2D eigenvalue weighted by Crippen LogP contribution is -2.31. The lowest BCUT2D eigenvalue weighted by molar-refractivity contribution is -0.118. The zero-order chi connectivity index (χ0) is 23.2. The number of para-hydroxylation sites is 1. The number of carbonyl (C=O) groups is 2. The van der Waals surface area contributed by atoms with Gasteiger partial charge in [-0.3, -0.25) is 9.59 Å². The fourth-order valence-electron chi connectivity index (χ4n) is 3.74. The van der Waals surface area contributed by atoms with Gasteiger partial charge in [0.15, 0.2) is 11.5 Å². The molecule has 1 heterocycles. The first-order valence-electron chi connectivity index (χ1n) is 10.9. The second-order valence-corrected chi connectivity index (χ2v) is 8.08. The number of likely N-dealkylation sites (N-methyl/N-ethyl adjacent to an activating group) is 1. The Kier molecular flexibility index (Phi) is 7.15. The van der Waals surface area contributed by atoms with Gasteiger partial charge in [0.2, 0.25) is 11.8 Å². The minimum absolute atomic E-state index is 0.0240. The van der Waals surface area contributed by atoms with Crippen LogP contribution in [0.2, 0.25) is 5.02 Å². The van der Waals surface area contributed by atoms with Gasteiger partial charge in [-0.1, -0.05) is 41.9 Å². The van der Waals surface area contributed by atoms with E-state index < -0.39 is 0 Å². The van der Waals surface area contributed by atoms with Crippen molar-refractivity contribution < 1.29 is 19.1 Å². The number of nitrogens with one attached hydrogen (secondary N) is 1. The Bertz CT molecular complexity index is 1130. The molecule has 2 amide bonds. The molecule has 0 saturated heterocycles. The molecule has 0 unspecified atom stereocenters. The minimum Gasteiger partial charge on any atom is -0.486 e. The van der Waals surface area contributed by atoms with Crippen LogP contribution in [0.3, 0.4) is 0 Å². The lowest BCUT2D eigenvalue weighted by atomic mass is 10.1. The number of hydrogen-bond acceptors (Lipinski definition) is 4. The van der Waals surface area contributed by atoms with Crippen molar-refractivity contribution >= 4 is 34.8 Å². The highest BCUT2D eigenvalue weighted by Gasteiger charge is 2.18. The van der Waals surface area contributed by atoms with E-state index in [4.69, 9.17) is 21.1 Å². The third-order valence-corrected chi connectivity index (χ3v) is 5.58. The number of rotatable bonds is 7. The third kappa shape index (κ3) is 5.65. The average molecular weight is 465 g/mol. The SMILES string of the molecule is CCN(C(=O)Cc1ccc(NC(=O)Cc2cc(Cl)c3c(c2)OCCO3)cc1)c1ccccc1. The molecule has 0 bridgehead atoms. The molecule has 0 aliphatic carbocycles. The number of hydrogen-bond donors (Lipinski definition) is 1. The number of anilines is 2. The van der Waals surface area contributed by atoms with Gasteiger partial charge >= 0.3 is 0 Å². The molecule has 170 valence electrons. The van der Waals surface area contributed by atoms with E-state index in [1.54, 1.807) is 29.2 Å². The molecule has 0 radical (unpaired) electrons. The smallest absolute Gasteiger partial charge is 0.231 e. The van der Waals surface area contributed by atoms with Gasteiger partial charge in [0, 0.05) is 17.9 Å². The molecule has 0 spiro atoms. The van der Waals surface area contributed by atoms with Gasteiger partial charge in [-0.2, -0.15) is 0 Å². The number of carbonyl (C=O) groups excluding carboxylic acids is 2.